The second-order valence-electron chi connectivity index (χ2n) is 10.0. The molecule has 1 saturated carbocycles. The zero-order chi connectivity index (χ0) is 21.3. The molecular formula is C28H31N. The van der Waals surface area contributed by atoms with Gasteiger partial charge in [-0.05, 0) is 85.5 Å². The van der Waals surface area contributed by atoms with Crippen LogP contribution >= 0.6 is 0 Å². The van der Waals surface area contributed by atoms with Crippen molar-refractivity contribution in [3.63, 3.8) is 0 Å². The molecule has 148 valence electrons. The molecule has 0 N–H and O–H groups in total. The molecule has 1 heteroatoms. The Morgan fingerprint density at radius 3 is 2.17 bits per heavy atom. The molecule has 0 aromatic heterocycles. The molecule has 2 aliphatic rings. The largest absolute Gasteiger partial charge is 0.336 e. The predicted octanol–water partition coefficient (Wildman–Crippen LogP) is 7.81. The standard InChI is InChI=1S/C28H31N/c1-27(2,3)29(20-11-7-6-8-12-20)26-18-23-21-13-9-10-14-24(21)28(4,5)25(23)17-22(26)19-15-16-19/h6-14,17-19H,15-16H2,1-5H3/i19D. The van der Waals surface area contributed by atoms with Crippen LogP contribution in [-0.4, -0.2) is 5.54 Å². The summed E-state index contributed by atoms with van der Waals surface area (Å²) < 4.78 is 9.11. The van der Waals surface area contributed by atoms with Gasteiger partial charge in [0.1, 0.15) is 0 Å². The fourth-order valence-corrected chi connectivity index (χ4v) is 5.00. The lowest BCUT2D eigenvalue weighted by Gasteiger charge is -2.40. The number of para-hydroxylation sites is 1. The van der Waals surface area contributed by atoms with Crippen LogP contribution < -0.4 is 4.90 Å². The molecule has 29 heavy (non-hydrogen) atoms. The lowest BCUT2D eigenvalue weighted by atomic mass is 9.81. The van der Waals surface area contributed by atoms with Gasteiger partial charge in [0.2, 0.25) is 0 Å². The summed E-state index contributed by atoms with van der Waals surface area (Å²) in [5.74, 6) is -0.465. The van der Waals surface area contributed by atoms with E-state index in [1.165, 1.54) is 39.2 Å². The van der Waals surface area contributed by atoms with Gasteiger partial charge in [0.05, 0.1) is 0 Å². The van der Waals surface area contributed by atoms with Gasteiger partial charge in [-0.2, -0.15) is 0 Å². The number of hydrogen-bond acceptors (Lipinski definition) is 1. The molecule has 1 nitrogen and oxygen atoms in total. The maximum Gasteiger partial charge on any atom is 0.0457 e. The van der Waals surface area contributed by atoms with Gasteiger partial charge in [0.25, 0.3) is 0 Å². The predicted molar refractivity (Wildman–Crippen MR) is 124 cm³/mol. The van der Waals surface area contributed by atoms with E-state index < -0.39 is 5.89 Å². The van der Waals surface area contributed by atoms with Crippen LogP contribution in [0.3, 0.4) is 0 Å². The molecular weight excluding hydrogens is 350 g/mol. The Balaban J connectivity index is 1.82. The van der Waals surface area contributed by atoms with E-state index in [0.717, 1.165) is 12.8 Å². The summed E-state index contributed by atoms with van der Waals surface area (Å²) in [6.45, 7) is 11.4. The van der Waals surface area contributed by atoms with E-state index in [0.29, 0.717) is 0 Å². The van der Waals surface area contributed by atoms with Crippen molar-refractivity contribution in [2.24, 2.45) is 0 Å². The molecule has 0 unspecified atom stereocenters. The van der Waals surface area contributed by atoms with Crippen molar-refractivity contribution in [2.45, 2.75) is 64.3 Å². The Morgan fingerprint density at radius 2 is 1.52 bits per heavy atom. The normalized spacial score (nSPS) is 18.6. The van der Waals surface area contributed by atoms with Crippen molar-refractivity contribution in [3.05, 3.63) is 83.4 Å². The number of rotatable bonds is 3. The first-order valence-corrected chi connectivity index (χ1v) is 10.8. The third-order valence-corrected chi connectivity index (χ3v) is 6.51. The zero-order valence-electron chi connectivity index (χ0n) is 19.2. The molecule has 0 atom stereocenters. The lowest BCUT2D eigenvalue weighted by Crippen LogP contribution is -2.38. The quantitative estimate of drug-likeness (QED) is 0.446. The summed E-state index contributed by atoms with van der Waals surface area (Å²) in [4.78, 5) is 2.44. The number of nitrogens with zero attached hydrogens (tertiary/aromatic N) is 1. The van der Waals surface area contributed by atoms with Crippen molar-refractivity contribution < 1.29 is 1.37 Å². The van der Waals surface area contributed by atoms with Crippen molar-refractivity contribution in [2.75, 3.05) is 4.90 Å². The van der Waals surface area contributed by atoms with Crippen LogP contribution in [0.5, 0.6) is 0 Å². The van der Waals surface area contributed by atoms with Gasteiger partial charge in [0.15, 0.2) is 0 Å². The van der Waals surface area contributed by atoms with Gasteiger partial charge in [-0.15, -0.1) is 0 Å². The summed E-state index contributed by atoms with van der Waals surface area (Å²) in [6.07, 6.45) is 1.89. The number of fused-ring (bicyclic) bond motifs is 3. The third-order valence-electron chi connectivity index (χ3n) is 6.51. The van der Waals surface area contributed by atoms with Crippen LogP contribution in [0.15, 0.2) is 66.7 Å². The number of anilines is 2. The van der Waals surface area contributed by atoms with E-state index in [1.807, 2.05) is 0 Å². The molecule has 5 rings (SSSR count). The maximum atomic E-state index is 9.11. The lowest BCUT2D eigenvalue weighted by molar-refractivity contribution is 0.558. The molecule has 3 aromatic carbocycles. The van der Waals surface area contributed by atoms with Gasteiger partial charge < -0.3 is 4.90 Å². The van der Waals surface area contributed by atoms with E-state index in [9.17, 15) is 0 Å². The topological polar surface area (TPSA) is 3.24 Å². The highest BCUT2D eigenvalue weighted by Gasteiger charge is 2.39. The molecule has 0 spiro atoms. The van der Waals surface area contributed by atoms with Crippen LogP contribution in [0.1, 0.15) is 71.4 Å². The zero-order valence-corrected chi connectivity index (χ0v) is 18.2. The third kappa shape index (κ3) is 2.90. The average molecular weight is 383 g/mol. The monoisotopic (exact) mass is 382 g/mol. The Morgan fingerprint density at radius 1 is 0.862 bits per heavy atom. The van der Waals surface area contributed by atoms with Gasteiger partial charge >= 0.3 is 0 Å². The molecule has 0 aliphatic heterocycles. The molecule has 0 amide bonds. The second-order valence-corrected chi connectivity index (χ2v) is 10.0. The van der Waals surface area contributed by atoms with Crippen molar-refractivity contribution in [1.82, 2.24) is 0 Å². The number of hydrogen-bond donors (Lipinski definition) is 0. The highest BCUT2D eigenvalue weighted by molar-refractivity contribution is 5.86. The summed E-state index contributed by atoms with van der Waals surface area (Å²) in [7, 11) is 0. The molecule has 2 aliphatic carbocycles. The van der Waals surface area contributed by atoms with Crippen LogP contribution in [0, 0.1) is 0 Å². The fraction of sp³-hybridized carbons (Fsp3) is 0.357. The second kappa shape index (κ2) is 6.23. The first-order chi connectivity index (χ1) is 14.1. The van der Waals surface area contributed by atoms with E-state index in [-0.39, 0.29) is 11.0 Å². The molecule has 0 radical (unpaired) electrons. The minimum absolute atomic E-state index is 0.0379. The summed E-state index contributed by atoms with van der Waals surface area (Å²) in [6, 6.07) is 24.2. The highest BCUT2D eigenvalue weighted by Crippen LogP contribution is 2.55. The molecule has 1 fully saturated rings. The van der Waals surface area contributed by atoms with Crippen LogP contribution in [0.2, 0.25) is 0 Å². The van der Waals surface area contributed by atoms with E-state index >= 15 is 0 Å². The number of benzene rings is 3. The van der Waals surface area contributed by atoms with Gasteiger partial charge in [-0.25, -0.2) is 0 Å². The van der Waals surface area contributed by atoms with Crippen molar-refractivity contribution in [1.29, 1.82) is 0 Å². The van der Waals surface area contributed by atoms with Gasteiger partial charge in [-0.1, -0.05) is 62.4 Å². The van der Waals surface area contributed by atoms with Crippen LogP contribution in [0.4, 0.5) is 11.4 Å². The Labute approximate surface area is 176 Å². The van der Waals surface area contributed by atoms with Crippen molar-refractivity contribution >= 4 is 11.4 Å². The minimum atomic E-state index is -0.465. The summed E-state index contributed by atoms with van der Waals surface area (Å²) in [5, 5.41) is 0. The molecule has 0 bridgehead atoms. The van der Waals surface area contributed by atoms with Crippen LogP contribution in [0.25, 0.3) is 11.1 Å². The average Bonchev–Trinajstić information content (AvgIpc) is 3.41. The Bertz CT molecular complexity index is 1120. The molecule has 0 heterocycles. The molecule has 0 saturated heterocycles. The SMILES string of the molecule is [2H]C1(c2cc3c(cc2N(c2ccccc2)C(C)(C)C)-c2ccccc2C3(C)C)CC1. The van der Waals surface area contributed by atoms with Gasteiger partial charge in [-0.3, -0.25) is 0 Å². The highest BCUT2D eigenvalue weighted by atomic mass is 15.2. The maximum absolute atomic E-state index is 9.11. The Kier molecular flexibility index (Phi) is 3.72. The minimum Gasteiger partial charge on any atom is -0.336 e. The van der Waals surface area contributed by atoms with Crippen molar-refractivity contribution in [3.8, 4) is 11.1 Å². The summed E-state index contributed by atoms with van der Waals surface area (Å²) in [5.41, 5.74) is 8.82. The van der Waals surface area contributed by atoms with E-state index in [2.05, 4.69) is 106 Å². The van der Waals surface area contributed by atoms with E-state index in [4.69, 9.17) is 1.37 Å². The van der Waals surface area contributed by atoms with Gasteiger partial charge in [0, 0.05) is 23.7 Å². The van der Waals surface area contributed by atoms with E-state index in [1.54, 1.807) is 0 Å². The first kappa shape index (κ1) is 17.3. The fourth-order valence-electron chi connectivity index (χ4n) is 5.00. The molecule has 3 aromatic rings. The Hall–Kier alpha value is -2.54. The smallest absolute Gasteiger partial charge is 0.0457 e. The summed E-state index contributed by atoms with van der Waals surface area (Å²) >= 11 is 0. The first-order valence-electron chi connectivity index (χ1n) is 11.3. The van der Waals surface area contributed by atoms with Crippen LogP contribution in [-0.2, 0) is 5.41 Å².